The van der Waals surface area contributed by atoms with E-state index < -0.39 is 5.97 Å². The molecular weight excluding hydrogens is 273 g/mol. The first-order chi connectivity index (χ1) is 9.88. The van der Waals surface area contributed by atoms with Gasteiger partial charge in [-0.3, -0.25) is 4.90 Å². The standard InChI is InChI=1S/C16H20FNO3/c1-16(2)11-21-8-7-18(16)10-13-5-3-12(9-14(13)17)4-6-15(19)20/h3-6,9H,7-8,10-11H2,1-2H3,(H,19,20). The van der Waals surface area contributed by atoms with Crippen LogP contribution in [0.5, 0.6) is 0 Å². The van der Waals surface area contributed by atoms with Crippen LogP contribution in [0.4, 0.5) is 4.39 Å². The Balaban J connectivity index is 2.12. The predicted molar refractivity (Wildman–Crippen MR) is 78.4 cm³/mol. The number of hydrogen-bond acceptors (Lipinski definition) is 3. The lowest BCUT2D eigenvalue weighted by Gasteiger charge is -2.42. The Morgan fingerprint density at radius 3 is 2.90 bits per heavy atom. The van der Waals surface area contributed by atoms with Crippen LogP contribution in [0.1, 0.15) is 25.0 Å². The molecule has 0 saturated carbocycles. The summed E-state index contributed by atoms with van der Waals surface area (Å²) >= 11 is 0. The number of hydrogen-bond donors (Lipinski definition) is 1. The summed E-state index contributed by atoms with van der Waals surface area (Å²) in [5.41, 5.74) is 1.03. The summed E-state index contributed by atoms with van der Waals surface area (Å²) in [5.74, 6) is -1.36. The summed E-state index contributed by atoms with van der Waals surface area (Å²) in [5, 5.41) is 8.57. The molecular formula is C16H20FNO3. The van der Waals surface area contributed by atoms with E-state index in [1.54, 1.807) is 12.1 Å². The van der Waals surface area contributed by atoms with Crippen molar-refractivity contribution in [2.75, 3.05) is 19.8 Å². The van der Waals surface area contributed by atoms with E-state index >= 15 is 0 Å². The normalized spacial score (nSPS) is 19.0. The molecule has 0 aliphatic carbocycles. The minimum absolute atomic E-state index is 0.118. The highest BCUT2D eigenvalue weighted by Gasteiger charge is 2.30. The lowest BCUT2D eigenvalue weighted by Crippen LogP contribution is -2.52. The average Bonchev–Trinajstić information content (AvgIpc) is 2.41. The topological polar surface area (TPSA) is 49.8 Å². The van der Waals surface area contributed by atoms with Gasteiger partial charge in [0.15, 0.2) is 0 Å². The second-order valence-corrected chi connectivity index (χ2v) is 5.81. The third-order valence-corrected chi connectivity index (χ3v) is 3.67. The van der Waals surface area contributed by atoms with Crippen LogP contribution in [-0.2, 0) is 16.1 Å². The minimum atomic E-state index is -1.05. The molecule has 1 aliphatic rings. The zero-order valence-corrected chi connectivity index (χ0v) is 12.3. The zero-order chi connectivity index (χ0) is 15.5. The summed E-state index contributed by atoms with van der Waals surface area (Å²) in [7, 11) is 0. The number of carboxylic acid groups (broad SMARTS) is 1. The fourth-order valence-corrected chi connectivity index (χ4v) is 2.35. The molecule has 0 amide bonds. The predicted octanol–water partition coefficient (Wildman–Crippen LogP) is 2.53. The molecule has 1 heterocycles. The first-order valence-corrected chi connectivity index (χ1v) is 6.91. The van der Waals surface area contributed by atoms with E-state index in [0.717, 1.165) is 12.6 Å². The molecule has 0 spiro atoms. The van der Waals surface area contributed by atoms with Crippen molar-refractivity contribution < 1.29 is 19.0 Å². The molecule has 0 unspecified atom stereocenters. The van der Waals surface area contributed by atoms with Crippen molar-refractivity contribution in [3.63, 3.8) is 0 Å². The van der Waals surface area contributed by atoms with Crippen LogP contribution in [0, 0.1) is 5.82 Å². The van der Waals surface area contributed by atoms with Crippen LogP contribution in [-0.4, -0.2) is 41.3 Å². The lowest BCUT2D eigenvalue weighted by atomic mass is 10.0. The Hall–Kier alpha value is -1.72. The fourth-order valence-electron chi connectivity index (χ4n) is 2.35. The van der Waals surface area contributed by atoms with Crippen molar-refractivity contribution in [2.24, 2.45) is 0 Å². The summed E-state index contributed by atoms with van der Waals surface area (Å²) in [6, 6.07) is 4.80. The fraction of sp³-hybridized carbons (Fsp3) is 0.438. The number of nitrogens with zero attached hydrogens (tertiary/aromatic N) is 1. The first kappa shape index (κ1) is 15.7. The van der Waals surface area contributed by atoms with Crippen molar-refractivity contribution in [3.8, 4) is 0 Å². The van der Waals surface area contributed by atoms with Crippen molar-refractivity contribution in [3.05, 3.63) is 41.2 Å². The van der Waals surface area contributed by atoms with Gasteiger partial charge in [0.25, 0.3) is 0 Å². The molecule has 2 rings (SSSR count). The molecule has 1 aromatic carbocycles. The zero-order valence-electron chi connectivity index (χ0n) is 12.3. The minimum Gasteiger partial charge on any atom is -0.478 e. The van der Waals surface area contributed by atoms with Gasteiger partial charge in [-0.2, -0.15) is 0 Å². The van der Waals surface area contributed by atoms with Crippen LogP contribution < -0.4 is 0 Å². The van der Waals surface area contributed by atoms with Crippen molar-refractivity contribution in [1.29, 1.82) is 0 Å². The van der Waals surface area contributed by atoms with Gasteiger partial charge in [-0.25, -0.2) is 9.18 Å². The summed E-state index contributed by atoms with van der Waals surface area (Å²) in [4.78, 5) is 12.7. The lowest BCUT2D eigenvalue weighted by molar-refractivity contribution is -0.131. The van der Waals surface area contributed by atoms with E-state index in [1.165, 1.54) is 12.1 Å². The van der Waals surface area contributed by atoms with Gasteiger partial charge in [0.2, 0.25) is 0 Å². The molecule has 1 saturated heterocycles. The molecule has 0 bridgehead atoms. The highest BCUT2D eigenvalue weighted by atomic mass is 19.1. The molecule has 114 valence electrons. The van der Waals surface area contributed by atoms with E-state index in [9.17, 15) is 9.18 Å². The second kappa shape index (κ2) is 6.37. The number of benzene rings is 1. The van der Waals surface area contributed by atoms with Gasteiger partial charge in [0.05, 0.1) is 13.2 Å². The molecule has 0 atom stereocenters. The number of morpholine rings is 1. The maximum Gasteiger partial charge on any atom is 0.328 e. The third kappa shape index (κ3) is 4.12. The van der Waals surface area contributed by atoms with Gasteiger partial charge in [-0.1, -0.05) is 12.1 Å². The number of halogens is 1. The second-order valence-electron chi connectivity index (χ2n) is 5.81. The van der Waals surface area contributed by atoms with Gasteiger partial charge >= 0.3 is 5.97 Å². The van der Waals surface area contributed by atoms with E-state index in [4.69, 9.17) is 9.84 Å². The first-order valence-electron chi connectivity index (χ1n) is 6.91. The van der Waals surface area contributed by atoms with E-state index in [2.05, 4.69) is 18.7 Å². The smallest absolute Gasteiger partial charge is 0.328 e. The number of carbonyl (C=O) groups is 1. The number of aliphatic carboxylic acids is 1. The molecule has 1 fully saturated rings. The maximum atomic E-state index is 14.1. The van der Waals surface area contributed by atoms with E-state index in [0.29, 0.717) is 30.9 Å². The van der Waals surface area contributed by atoms with Crippen molar-refractivity contribution in [1.82, 2.24) is 4.90 Å². The molecule has 0 aromatic heterocycles. The monoisotopic (exact) mass is 293 g/mol. The average molecular weight is 293 g/mol. The van der Waals surface area contributed by atoms with Crippen molar-refractivity contribution in [2.45, 2.75) is 25.9 Å². The molecule has 21 heavy (non-hydrogen) atoms. The van der Waals surface area contributed by atoms with E-state index in [-0.39, 0.29) is 11.4 Å². The van der Waals surface area contributed by atoms with Gasteiger partial charge < -0.3 is 9.84 Å². The summed E-state index contributed by atoms with van der Waals surface area (Å²) in [6.45, 7) is 6.73. The summed E-state index contributed by atoms with van der Waals surface area (Å²) < 4.78 is 19.6. The van der Waals surface area contributed by atoms with Crippen LogP contribution in [0.15, 0.2) is 24.3 Å². The molecule has 1 aromatic rings. The van der Waals surface area contributed by atoms with Crippen LogP contribution in [0.25, 0.3) is 6.08 Å². The highest BCUT2D eigenvalue weighted by molar-refractivity contribution is 5.85. The Bertz CT molecular complexity index is 554. The highest BCUT2D eigenvalue weighted by Crippen LogP contribution is 2.23. The molecule has 4 nitrogen and oxygen atoms in total. The number of carboxylic acids is 1. The van der Waals surface area contributed by atoms with Gasteiger partial charge in [0.1, 0.15) is 5.82 Å². The Labute approximate surface area is 123 Å². The van der Waals surface area contributed by atoms with Crippen molar-refractivity contribution >= 4 is 12.0 Å². The Morgan fingerprint density at radius 2 is 2.29 bits per heavy atom. The molecule has 1 N–H and O–H groups in total. The number of ether oxygens (including phenoxy) is 1. The largest absolute Gasteiger partial charge is 0.478 e. The quantitative estimate of drug-likeness (QED) is 0.867. The van der Waals surface area contributed by atoms with Gasteiger partial charge in [-0.05, 0) is 31.6 Å². The van der Waals surface area contributed by atoms with Crippen LogP contribution in [0.3, 0.4) is 0 Å². The van der Waals surface area contributed by atoms with E-state index in [1.807, 2.05) is 0 Å². The maximum absolute atomic E-state index is 14.1. The third-order valence-electron chi connectivity index (χ3n) is 3.67. The number of rotatable bonds is 4. The summed E-state index contributed by atoms with van der Waals surface area (Å²) in [6.07, 6.45) is 2.38. The molecule has 1 aliphatic heterocycles. The van der Waals surface area contributed by atoms with Gasteiger partial charge in [-0.15, -0.1) is 0 Å². The Morgan fingerprint density at radius 1 is 1.52 bits per heavy atom. The van der Waals surface area contributed by atoms with Crippen LogP contribution in [0.2, 0.25) is 0 Å². The SMILES string of the molecule is CC1(C)COCCN1Cc1ccc(C=CC(=O)O)cc1F. The van der Waals surface area contributed by atoms with Crippen LogP contribution >= 0.6 is 0 Å². The van der Waals surface area contributed by atoms with Gasteiger partial charge in [0, 0.05) is 30.3 Å². The molecule has 5 heteroatoms. The Kier molecular flexibility index (Phi) is 4.75. The molecule has 0 radical (unpaired) electrons.